The standard InChI is InChI=1S/C16H21NO/c1-9-6-10(2)8-14(7-9)16(18)15-12(4)11(3)13(5)17-15/h6-8,16-18H,1-5H3. The molecule has 0 aliphatic rings. The molecule has 0 aliphatic carbocycles. The van der Waals surface area contributed by atoms with Crippen LogP contribution in [0.2, 0.25) is 0 Å². The molecule has 2 rings (SSSR count). The van der Waals surface area contributed by atoms with Gasteiger partial charge in [-0.05, 0) is 51.3 Å². The van der Waals surface area contributed by atoms with Crippen LogP contribution in [0.3, 0.4) is 0 Å². The van der Waals surface area contributed by atoms with Crippen molar-refractivity contribution in [3.05, 3.63) is 57.4 Å². The quantitative estimate of drug-likeness (QED) is 0.830. The lowest BCUT2D eigenvalue weighted by Gasteiger charge is -2.13. The fourth-order valence-electron chi connectivity index (χ4n) is 2.48. The Morgan fingerprint density at radius 3 is 1.89 bits per heavy atom. The van der Waals surface area contributed by atoms with Gasteiger partial charge < -0.3 is 10.1 Å². The Kier molecular flexibility index (Phi) is 3.31. The highest BCUT2D eigenvalue weighted by Gasteiger charge is 2.17. The minimum absolute atomic E-state index is 0.573. The van der Waals surface area contributed by atoms with E-state index in [1.54, 1.807) is 0 Å². The van der Waals surface area contributed by atoms with Gasteiger partial charge in [-0.3, -0.25) is 0 Å². The Labute approximate surface area is 109 Å². The Balaban J connectivity index is 2.47. The van der Waals surface area contributed by atoms with E-state index in [0.29, 0.717) is 0 Å². The number of benzene rings is 1. The van der Waals surface area contributed by atoms with Crippen LogP contribution in [-0.4, -0.2) is 10.1 Å². The Bertz CT molecular complexity index is 561. The number of aryl methyl sites for hydroxylation is 3. The van der Waals surface area contributed by atoms with Gasteiger partial charge in [-0.1, -0.05) is 29.3 Å². The Morgan fingerprint density at radius 2 is 1.44 bits per heavy atom. The number of aromatic nitrogens is 1. The first-order chi connectivity index (χ1) is 8.40. The van der Waals surface area contributed by atoms with Crippen LogP contribution in [-0.2, 0) is 0 Å². The Hall–Kier alpha value is -1.54. The maximum atomic E-state index is 10.5. The molecular formula is C16H21NO. The number of hydrogen-bond acceptors (Lipinski definition) is 1. The van der Waals surface area contributed by atoms with E-state index in [4.69, 9.17) is 0 Å². The number of aliphatic hydroxyl groups excluding tert-OH is 1. The molecule has 2 aromatic rings. The highest BCUT2D eigenvalue weighted by Crippen LogP contribution is 2.28. The van der Waals surface area contributed by atoms with Gasteiger partial charge in [-0.25, -0.2) is 0 Å². The average Bonchev–Trinajstić information content (AvgIpc) is 2.55. The number of hydrogen-bond donors (Lipinski definition) is 2. The van der Waals surface area contributed by atoms with E-state index in [0.717, 1.165) is 22.5 Å². The van der Waals surface area contributed by atoms with Crippen LogP contribution < -0.4 is 0 Å². The molecule has 0 aliphatic heterocycles. The van der Waals surface area contributed by atoms with Crippen molar-refractivity contribution in [3.63, 3.8) is 0 Å². The molecule has 2 heteroatoms. The molecule has 2 N–H and O–H groups in total. The van der Waals surface area contributed by atoms with Gasteiger partial charge in [0.05, 0.1) is 5.69 Å². The molecule has 1 unspecified atom stereocenters. The zero-order chi connectivity index (χ0) is 13.4. The van der Waals surface area contributed by atoms with E-state index in [-0.39, 0.29) is 0 Å². The molecule has 1 atom stereocenters. The third kappa shape index (κ3) is 2.21. The van der Waals surface area contributed by atoms with Crippen LogP contribution in [0.5, 0.6) is 0 Å². The van der Waals surface area contributed by atoms with Gasteiger partial charge in [0.15, 0.2) is 0 Å². The number of H-pyrrole nitrogens is 1. The predicted molar refractivity (Wildman–Crippen MR) is 75.0 cm³/mol. The summed E-state index contributed by atoms with van der Waals surface area (Å²) < 4.78 is 0. The summed E-state index contributed by atoms with van der Waals surface area (Å²) in [5.74, 6) is 0. The van der Waals surface area contributed by atoms with E-state index < -0.39 is 6.10 Å². The molecule has 0 fully saturated rings. The van der Waals surface area contributed by atoms with Gasteiger partial charge in [-0.15, -0.1) is 0 Å². The van der Waals surface area contributed by atoms with Crippen LogP contribution in [0.1, 0.15) is 45.3 Å². The van der Waals surface area contributed by atoms with Gasteiger partial charge in [0.1, 0.15) is 6.10 Å². The molecule has 0 amide bonds. The maximum absolute atomic E-state index is 10.5. The fourth-order valence-corrected chi connectivity index (χ4v) is 2.48. The minimum atomic E-state index is -0.573. The molecule has 0 bridgehead atoms. The molecule has 0 spiro atoms. The van der Waals surface area contributed by atoms with Crippen molar-refractivity contribution in [2.24, 2.45) is 0 Å². The van der Waals surface area contributed by atoms with Gasteiger partial charge >= 0.3 is 0 Å². The first-order valence-corrected chi connectivity index (χ1v) is 6.32. The monoisotopic (exact) mass is 243 g/mol. The normalized spacial score (nSPS) is 12.8. The van der Waals surface area contributed by atoms with Gasteiger partial charge in [0.2, 0.25) is 0 Å². The molecule has 1 aromatic heterocycles. The van der Waals surface area contributed by atoms with Crippen molar-refractivity contribution in [2.45, 2.75) is 40.7 Å². The van der Waals surface area contributed by atoms with Crippen molar-refractivity contribution in [1.82, 2.24) is 4.98 Å². The summed E-state index contributed by atoms with van der Waals surface area (Å²) in [7, 11) is 0. The van der Waals surface area contributed by atoms with Gasteiger partial charge in [-0.2, -0.15) is 0 Å². The zero-order valence-corrected chi connectivity index (χ0v) is 11.8. The van der Waals surface area contributed by atoms with Crippen molar-refractivity contribution in [2.75, 3.05) is 0 Å². The second kappa shape index (κ2) is 4.62. The molecule has 96 valence electrons. The summed E-state index contributed by atoms with van der Waals surface area (Å²) >= 11 is 0. The van der Waals surface area contributed by atoms with Crippen LogP contribution in [0.25, 0.3) is 0 Å². The van der Waals surface area contributed by atoms with E-state index in [2.05, 4.69) is 38.7 Å². The smallest absolute Gasteiger partial charge is 0.119 e. The number of aliphatic hydroxyl groups is 1. The first-order valence-electron chi connectivity index (χ1n) is 6.32. The average molecular weight is 243 g/mol. The molecule has 0 radical (unpaired) electrons. The largest absolute Gasteiger partial charge is 0.382 e. The Morgan fingerprint density at radius 1 is 0.889 bits per heavy atom. The lowest BCUT2D eigenvalue weighted by atomic mass is 9.99. The van der Waals surface area contributed by atoms with Crippen molar-refractivity contribution < 1.29 is 5.11 Å². The summed E-state index contributed by atoms with van der Waals surface area (Å²) in [4.78, 5) is 3.30. The minimum Gasteiger partial charge on any atom is -0.382 e. The topological polar surface area (TPSA) is 36.0 Å². The SMILES string of the molecule is Cc1cc(C)cc(C(O)c2[nH]c(C)c(C)c2C)c1. The molecule has 18 heavy (non-hydrogen) atoms. The summed E-state index contributed by atoms with van der Waals surface area (Å²) in [6, 6.07) is 6.21. The summed E-state index contributed by atoms with van der Waals surface area (Å²) in [5.41, 5.74) is 7.74. The highest BCUT2D eigenvalue weighted by molar-refractivity contribution is 5.40. The molecular weight excluding hydrogens is 222 g/mol. The number of nitrogens with one attached hydrogen (secondary N) is 1. The predicted octanol–water partition coefficient (Wildman–Crippen LogP) is 3.64. The number of aromatic amines is 1. The van der Waals surface area contributed by atoms with E-state index in [1.165, 1.54) is 16.7 Å². The van der Waals surface area contributed by atoms with Crippen molar-refractivity contribution in [3.8, 4) is 0 Å². The van der Waals surface area contributed by atoms with Crippen LogP contribution in [0, 0.1) is 34.6 Å². The number of rotatable bonds is 2. The molecule has 1 heterocycles. The summed E-state index contributed by atoms with van der Waals surface area (Å²) in [6.07, 6.45) is -0.573. The van der Waals surface area contributed by atoms with Gasteiger partial charge in [0, 0.05) is 5.69 Å². The van der Waals surface area contributed by atoms with Crippen LogP contribution in [0.15, 0.2) is 18.2 Å². The fraction of sp³-hybridized carbons (Fsp3) is 0.375. The highest BCUT2D eigenvalue weighted by atomic mass is 16.3. The first kappa shape index (κ1) is 12.9. The molecule has 0 saturated carbocycles. The summed E-state index contributed by atoms with van der Waals surface area (Å²) in [6.45, 7) is 10.3. The second-order valence-corrected chi connectivity index (χ2v) is 5.24. The second-order valence-electron chi connectivity index (χ2n) is 5.24. The zero-order valence-electron chi connectivity index (χ0n) is 11.8. The van der Waals surface area contributed by atoms with E-state index >= 15 is 0 Å². The summed E-state index contributed by atoms with van der Waals surface area (Å²) in [5, 5.41) is 10.5. The lowest BCUT2D eigenvalue weighted by Crippen LogP contribution is -2.03. The molecule has 1 aromatic carbocycles. The third-order valence-corrected chi connectivity index (χ3v) is 3.68. The maximum Gasteiger partial charge on any atom is 0.119 e. The van der Waals surface area contributed by atoms with E-state index in [9.17, 15) is 5.11 Å². The van der Waals surface area contributed by atoms with Crippen molar-refractivity contribution in [1.29, 1.82) is 0 Å². The van der Waals surface area contributed by atoms with E-state index in [1.807, 2.05) is 19.1 Å². The van der Waals surface area contributed by atoms with Crippen LogP contribution in [0.4, 0.5) is 0 Å². The van der Waals surface area contributed by atoms with Crippen LogP contribution >= 0.6 is 0 Å². The molecule has 2 nitrogen and oxygen atoms in total. The van der Waals surface area contributed by atoms with Gasteiger partial charge in [0.25, 0.3) is 0 Å². The third-order valence-electron chi connectivity index (χ3n) is 3.68. The van der Waals surface area contributed by atoms with Crippen molar-refractivity contribution >= 4 is 0 Å². The molecule has 0 saturated heterocycles. The lowest BCUT2D eigenvalue weighted by molar-refractivity contribution is 0.215.